The van der Waals surface area contributed by atoms with Gasteiger partial charge in [-0.25, -0.2) is 13.4 Å². The molecule has 2 aromatic heterocycles. The molecule has 2 aliphatic heterocycles. The van der Waals surface area contributed by atoms with E-state index in [0.717, 1.165) is 16.9 Å². The van der Waals surface area contributed by atoms with Gasteiger partial charge >= 0.3 is 0 Å². The number of thiophene rings is 1. The highest BCUT2D eigenvalue weighted by molar-refractivity contribution is 7.91. The van der Waals surface area contributed by atoms with Crippen molar-refractivity contribution in [3.8, 4) is 22.8 Å². The quantitative estimate of drug-likeness (QED) is 0.571. The van der Waals surface area contributed by atoms with Crippen LogP contribution in [0.2, 0.25) is 4.34 Å². The Morgan fingerprint density at radius 2 is 2.06 bits per heavy atom. The third kappa shape index (κ3) is 3.92. The molecule has 0 spiro atoms. The maximum atomic E-state index is 13.0. The molecule has 1 amide bonds. The Bertz CT molecular complexity index is 1260. The summed E-state index contributed by atoms with van der Waals surface area (Å²) in [6.07, 6.45) is 1.06. The number of thiazole rings is 1. The monoisotopic (exact) mass is 497 g/mol. The number of sulfonamides is 1. The van der Waals surface area contributed by atoms with Crippen molar-refractivity contribution in [3.05, 3.63) is 40.0 Å². The molecule has 4 heterocycles. The van der Waals surface area contributed by atoms with Crippen LogP contribution < -0.4 is 14.8 Å². The van der Waals surface area contributed by atoms with Gasteiger partial charge in [0.05, 0.1) is 10.0 Å². The van der Waals surface area contributed by atoms with Crippen LogP contribution in [0.5, 0.6) is 11.5 Å². The van der Waals surface area contributed by atoms with E-state index < -0.39 is 22.0 Å². The number of nitrogens with zero attached hydrogens (tertiary/aromatic N) is 2. The average molecular weight is 498 g/mol. The number of nitrogens with one attached hydrogen (secondary N) is 1. The summed E-state index contributed by atoms with van der Waals surface area (Å²) in [7, 11) is -3.78. The molecule has 8 nitrogen and oxygen atoms in total. The Labute approximate surface area is 191 Å². The standard InChI is InChI=1S/C19H16ClN3O5S3/c20-16-5-6-17(30-16)31(25,26)23-7-1-2-13(23)18(24)22-19-21-12(9-29-19)11-3-4-14-15(8-11)28-10-27-14/h3-6,8-9,13H,1-2,7,10H2,(H,21,22,24). The number of hydrogen-bond acceptors (Lipinski definition) is 8. The molecular formula is C19H16ClN3O5S3. The van der Waals surface area contributed by atoms with Crippen LogP contribution in [0.15, 0.2) is 39.9 Å². The summed E-state index contributed by atoms with van der Waals surface area (Å²) in [6.45, 7) is 0.478. The molecule has 0 bridgehead atoms. The number of fused-ring (bicyclic) bond motifs is 1. The predicted octanol–water partition coefficient (Wildman–Crippen LogP) is 4.05. The van der Waals surface area contributed by atoms with Gasteiger partial charge in [-0.05, 0) is 43.2 Å². The first kappa shape index (κ1) is 20.7. The van der Waals surface area contributed by atoms with Crippen LogP contribution in [-0.2, 0) is 14.8 Å². The van der Waals surface area contributed by atoms with Crippen LogP contribution in [0.25, 0.3) is 11.3 Å². The number of hydrogen-bond donors (Lipinski definition) is 1. The topological polar surface area (TPSA) is 97.8 Å². The summed E-state index contributed by atoms with van der Waals surface area (Å²) in [6, 6.07) is 7.73. The number of amides is 1. The number of carbonyl (C=O) groups is 1. The molecule has 1 saturated heterocycles. The highest BCUT2D eigenvalue weighted by atomic mass is 35.5. The van der Waals surface area contributed by atoms with Crippen molar-refractivity contribution in [1.29, 1.82) is 0 Å². The molecule has 1 aromatic carbocycles. The number of aromatic nitrogens is 1. The van der Waals surface area contributed by atoms with Gasteiger partial charge in [-0.1, -0.05) is 11.6 Å². The molecule has 2 aliphatic rings. The minimum atomic E-state index is -3.78. The Hall–Kier alpha value is -2.18. The fourth-order valence-corrected chi connectivity index (χ4v) is 7.54. The first-order valence-corrected chi connectivity index (χ1v) is 12.9. The zero-order valence-electron chi connectivity index (χ0n) is 15.9. The van der Waals surface area contributed by atoms with E-state index in [4.69, 9.17) is 21.1 Å². The Morgan fingerprint density at radius 3 is 2.87 bits per heavy atom. The zero-order valence-corrected chi connectivity index (χ0v) is 19.1. The van der Waals surface area contributed by atoms with E-state index in [1.807, 2.05) is 23.6 Å². The smallest absolute Gasteiger partial charge is 0.253 e. The highest BCUT2D eigenvalue weighted by Crippen LogP contribution is 2.37. The normalized spacial score (nSPS) is 18.4. The second kappa shape index (κ2) is 8.06. The van der Waals surface area contributed by atoms with Crippen LogP contribution in [0.3, 0.4) is 0 Å². The second-order valence-corrected chi connectivity index (χ2v) is 11.6. The van der Waals surface area contributed by atoms with E-state index in [-0.39, 0.29) is 17.5 Å². The first-order valence-electron chi connectivity index (χ1n) is 9.35. The van der Waals surface area contributed by atoms with Crippen molar-refractivity contribution in [2.45, 2.75) is 23.1 Å². The third-order valence-corrected chi connectivity index (χ3v) is 9.38. The van der Waals surface area contributed by atoms with E-state index in [9.17, 15) is 13.2 Å². The molecule has 0 radical (unpaired) electrons. The fraction of sp³-hybridized carbons (Fsp3) is 0.263. The molecule has 5 rings (SSSR count). The van der Waals surface area contributed by atoms with Crippen molar-refractivity contribution in [2.75, 3.05) is 18.7 Å². The molecule has 1 N–H and O–H groups in total. The van der Waals surface area contributed by atoms with E-state index in [2.05, 4.69) is 10.3 Å². The van der Waals surface area contributed by atoms with Crippen molar-refractivity contribution < 1.29 is 22.7 Å². The van der Waals surface area contributed by atoms with Gasteiger partial charge in [0, 0.05) is 17.5 Å². The summed E-state index contributed by atoms with van der Waals surface area (Å²) in [5, 5.41) is 5.00. The van der Waals surface area contributed by atoms with Gasteiger partial charge in [0.1, 0.15) is 10.3 Å². The number of carbonyl (C=O) groups excluding carboxylic acids is 1. The van der Waals surface area contributed by atoms with Gasteiger partial charge in [0.2, 0.25) is 12.7 Å². The van der Waals surface area contributed by atoms with Crippen LogP contribution in [0.4, 0.5) is 5.13 Å². The molecular weight excluding hydrogens is 482 g/mol. The maximum absolute atomic E-state index is 13.0. The van der Waals surface area contributed by atoms with Crippen molar-refractivity contribution >= 4 is 55.3 Å². The molecule has 1 fully saturated rings. The summed E-state index contributed by atoms with van der Waals surface area (Å²) < 4.78 is 38.4. The molecule has 0 saturated carbocycles. The number of rotatable bonds is 5. The summed E-state index contributed by atoms with van der Waals surface area (Å²) in [4.78, 5) is 17.4. The molecule has 3 aromatic rings. The molecule has 162 valence electrons. The Balaban J connectivity index is 1.32. The van der Waals surface area contributed by atoms with Crippen LogP contribution in [0.1, 0.15) is 12.8 Å². The molecule has 12 heteroatoms. The van der Waals surface area contributed by atoms with Gasteiger partial charge < -0.3 is 14.8 Å². The van der Waals surface area contributed by atoms with E-state index >= 15 is 0 Å². The van der Waals surface area contributed by atoms with Crippen LogP contribution in [-0.4, -0.2) is 43.0 Å². The van der Waals surface area contributed by atoms with Gasteiger partial charge in [-0.3, -0.25) is 4.79 Å². The largest absolute Gasteiger partial charge is 0.454 e. The average Bonchev–Trinajstić information content (AvgIpc) is 3.52. The van der Waals surface area contributed by atoms with Crippen LogP contribution >= 0.6 is 34.3 Å². The summed E-state index contributed by atoms with van der Waals surface area (Å²) in [5.74, 6) is 0.939. The molecule has 1 atom stereocenters. The van der Waals surface area contributed by atoms with Gasteiger partial charge in [0.15, 0.2) is 16.6 Å². The number of ether oxygens (including phenoxy) is 2. The Morgan fingerprint density at radius 1 is 1.23 bits per heavy atom. The van der Waals surface area contributed by atoms with Crippen LogP contribution in [0, 0.1) is 0 Å². The van der Waals surface area contributed by atoms with Gasteiger partial charge in [-0.15, -0.1) is 22.7 Å². The van der Waals surface area contributed by atoms with Crippen molar-refractivity contribution in [2.24, 2.45) is 0 Å². The zero-order chi connectivity index (χ0) is 21.6. The summed E-state index contributed by atoms with van der Waals surface area (Å²) in [5.41, 5.74) is 1.52. The SMILES string of the molecule is O=C(Nc1nc(-c2ccc3c(c2)OCO3)cs1)C1CCCN1S(=O)(=O)c1ccc(Cl)s1. The molecule has 1 unspecified atom stereocenters. The van der Waals surface area contributed by atoms with E-state index in [1.54, 1.807) is 0 Å². The minimum absolute atomic E-state index is 0.136. The van der Waals surface area contributed by atoms with E-state index in [1.165, 1.54) is 27.8 Å². The summed E-state index contributed by atoms with van der Waals surface area (Å²) >= 11 is 8.16. The van der Waals surface area contributed by atoms with Gasteiger partial charge in [0.25, 0.3) is 10.0 Å². The lowest BCUT2D eigenvalue weighted by Crippen LogP contribution is -2.42. The number of benzene rings is 1. The third-order valence-electron chi connectivity index (χ3n) is 5.02. The number of halogens is 1. The highest BCUT2D eigenvalue weighted by Gasteiger charge is 2.40. The van der Waals surface area contributed by atoms with Crippen molar-refractivity contribution in [3.63, 3.8) is 0 Å². The Kier molecular flexibility index (Phi) is 5.39. The lowest BCUT2D eigenvalue weighted by Gasteiger charge is -2.22. The fourth-order valence-electron chi connectivity index (χ4n) is 3.55. The first-order chi connectivity index (χ1) is 14.9. The van der Waals surface area contributed by atoms with E-state index in [0.29, 0.717) is 39.5 Å². The second-order valence-electron chi connectivity index (χ2n) is 6.93. The predicted molar refractivity (Wildman–Crippen MR) is 119 cm³/mol. The lowest BCUT2D eigenvalue weighted by molar-refractivity contribution is -0.119. The van der Waals surface area contributed by atoms with Crippen molar-refractivity contribution in [1.82, 2.24) is 9.29 Å². The minimum Gasteiger partial charge on any atom is -0.454 e. The number of anilines is 1. The molecule has 31 heavy (non-hydrogen) atoms. The lowest BCUT2D eigenvalue weighted by atomic mass is 10.1. The van der Waals surface area contributed by atoms with Gasteiger partial charge in [-0.2, -0.15) is 4.31 Å². The molecule has 0 aliphatic carbocycles. The maximum Gasteiger partial charge on any atom is 0.253 e.